The molecule has 6 rings (SSSR count). The van der Waals surface area contributed by atoms with Crippen LogP contribution in [-0.2, 0) is 29.5 Å². The highest BCUT2D eigenvalue weighted by Crippen LogP contribution is 2.43. The number of aromatic nitrogens is 4. The van der Waals surface area contributed by atoms with Gasteiger partial charge in [0.1, 0.15) is 12.4 Å². The molecule has 1 fully saturated rings. The van der Waals surface area contributed by atoms with E-state index in [1.165, 1.54) is 5.69 Å². The molecule has 0 atom stereocenters. The van der Waals surface area contributed by atoms with Gasteiger partial charge in [-0.3, -0.25) is 14.2 Å². The molecule has 0 N–H and O–H groups in total. The second kappa shape index (κ2) is 9.56. The van der Waals surface area contributed by atoms with Gasteiger partial charge in [0.15, 0.2) is 5.82 Å². The Kier molecular flexibility index (Phi) is 6.08. The number of amides is 1. The van der Waals surface area contributed by atoms with Crippen LogP contribution in [0.5, 0.6) is 5.75 Å². The molecule has 3 aliphatic rings. The van der Waals surface area contributed by atoms with Crippen LogP contribution in [0.15, 0.2) is 24.5 Å². The molecular weight excluding hydrogens is 470 g/mol. The van der Waals surface area contributed by atoms with Crippen molar-refractivity contribution in [2.75, 3.05) is 37.8 Å². The van der Waals surface area contributed by atoms with Crippen LogP contribution in [-0.4, -0.2) is 63.3 Å². The standard InChI is InChI=1S/C27H31N7O3/c1-3-26(35)32-7-4-23-22(17-32)27(30-34(23)20-5-9-36-10-6-20)33-8-11-37-25-13-21(18(14-28)12-24(25)33)19-15-29-31(2)16-19/h12-13,15-16,20H,3-11,17H2,1-2H3. The van der Waals surface area contributed by atoms with Crippen molar-refractivity contribution >= 4 is 17.4 Å². The van der Waals surface area contributed by atoms with Crippen LogP contribution in [0.2, 0.25) is 0 Å². The van der Waals surface area contributed by atoms with E-state index >= 15 is 0 Å². The van der Waals surface area contributed by atoms with Gasteiger partial charge in [0.2, 0.25) is 5.91 Å². The number of rotatable bonds is 4. The summed E-state index contributed by atoms with van der Waals surface area (Å²) in [6.45, 7) is 5.75. The molecule has 10 nitrogen and oxygen atoms in total. The Balaban J connectivity index is 1.45. The van der Waals surface area contributed by atoms with E-state index in [-0.39, 0.29) is 11.9 Å². The van der Waals surface area contributed by atoms with E-state index in [4.69, 9.17) is 14.6 Å². The minimum absolute atomic E-state index is 0.158. The minimum Gasteiger partial charge on any atom is -0.490 e. The van der Waals surface area contributed by atoms with Gasteiger partial charge in [-0.1, -0.05) is 6.92 Å². The monoisotopic (exact) mass is 501 g/mol. The second-order valence-electron chi connectivity index (χ2n) is 9.84. The lowest BCUT2D eigenvalue weighted by molar-refractivity contribution is -0.131. The largest absolute Gasteiger partial charge is 0.490 e. The van der Waals surface area contributed by atoms with Crippen LogP contribution < -0.4 is 9.64 Å². The number of hydrogen-bond acceptors (Lipinski definition) is 7. The van der Waals surface area contributed by atoms with E-state index in [9.17, 15) is 10.1 Å². The van der Waals surface area contributed by atoms with Crippen LogP contribution in [0.25, 0.3) is 11.1 Å². The predicted molar refractivity (Wildman–Crippen MR) is 137 cm³/mol. The molecule has 1 saturated heterocycles. The fourth-order valence-electron chi connectivity index (χ4n) is 5.69. The van der Waals surface area contributed by atoms with Crippen molar-refractivity contribution in [1.29, 1.82) is 5.26 Å². The van der Waals surface area contributed by atoms with Crippen molar-refractivity contribution in [3.63, 3.8) is 0 Å². The number of nitrogens with zero attached hydrogens (tertiary/aromatic N) is 7. The topological polar surface area (TPSA) is 101 Å². The lowest BCUT2D eigenvalue weighted by Crippen LogP contribution is -2.37. The molecule has 37 heavy (non-hydrogen) atoms. The fourth-order valence-corrected chi connectivity index (χ4v) is 5.69. The lowest BCUT2D eigenvalue weighted by Gasteiger charge is -2.33. The number of nitriles is 1. The quantitative estimate of drug-likeness (QED) is 0.540. The molecule has 3 aromatic rings. The van der Waals surface area contributed by atoms with Crippen LogP contribution >= 0.6 is 0 Å². The van der Waals surface area contributed by atoms with Crippen LogP contribution in [0.4, 0.5) is 11.5 Å². The Bertz CT molecular complexity index is 1380. The molecule has 0 aliphatic carbocycles. The first-order valence-corrected chi connectivity index (χ1v) is 13.0. The Morgan fingerprint density at radius 2 is 2.05 bits per heavy atom. The molecule has 0 spiro atoms. The van der Waals surface area contributed by atoms with Crippen LogP contribution in [0, 0.1) is 11.3 Å². The fraction of sp³-hybridized carbons (Fsp3) is 0.481. The summed E-state index contributed by atoms with van der Waals surface area (Å²) in [5, 5.41) is 19.5. The average Bonchev–Trinajstić information content (AvgIpc) is 3.55. The van der Waals surface area contributed by atoms with Crippen LogP contribution in [0.1, 0.15) is 49.0 Å². The first kappa shape index (κ1) is 23.6. The predicted octanol–water partition coefficient (Wildman–Crippen LogP) is 3.33. The highest BCUT2D eigenvalue weighted by molar-refractivity contribution is 5.81. The molecule has 0 radical (unpaired) electrons. The molecule has 1 amide bonds. The molecule has 0 bridgehead atoms. The number of hydrogen-bond donors (Lipinski definition) is 0. The Morgan fingerprint density at radius 1 is 1.22 bits per heavy atom. The van der Waals surface area contributed by atoms with E-state index in [2.05, 4.69) is 20.7 Å². The summed E-state index contributed by atoms with van der Waals surface area (Å²) >= 11 is 0. The van der Waals surface area contributed by atoms with Crippen molar-refractivity contribution < 1.29 is 14.3 Å². The Labute approximate surface area is 216 Å². The van der Waals surface area contributed by atoms with Gasteiger partial charge in [-0.2, -0.15) is 15.5 Å². The number of carbonyl (C=O) groups is 1. The maximum absolute atomic E-state index is 12.6. The van der Waals surface area contributed by atoms with Gasteiger partial charge in [0.05, 0.1) is 42.6 Å². The van der Waals surface area contributed by atoms with Gasteiger partial charge >= 0.3 is 0 Å². The molecule has 10 heteroatoms. The number of carbonyl (C=O) groups excluding carboxylic acids is 1. The van der Waals surface area contributed by atoms with Gasteiger partial charge < -0.3 is 19.3 Å². The van der Waals surface area contributed by atoms with E-state index in [0.29, 0.717) is 38.2 Å². The Hall–Kier alpha value is -3.84. The number of fused-ring (bicyclic) bond motifs is 2. The van der Waals surface area contributed by atoms with Crippen LogP contribution in [0.3, 0.4) is 0 Å². The highest BCUT2D eigenvalue weighted by Gasteiger charge is 2.34. The molecule has 3 aliphatic heterocycles. The second-order valence-corrected chi connectivity index (χ2v) is 9.84. The first-order chi connectivity index (χ1) is 18.1. The molecule has 0 unspecified atom stereocenters. The number of aryl methyl sites for hydroxylation is 1. The molecule has 5 heterocycles. The van der Waals surface area contributed by atoms with Crippen molar-refractivity contribution in [1.82, 2.24) is 24.5 Å². The van der Waals surface area contributed by atoms with Crippen molar-refractivity contribution in [3.05, 3.63) is 41.3 Å². The molecular formula is C27H31N7O3. The third kappa shape index (κ3) is 4.13. The zero-order chi connectivity index (χ0) is 25.5. The number of ether oxygens (including phenoxy) is 2. The van der Waals surface area contributed by atoms with Gasteiger partial charge in [0.25, 0.3) is 0 Å². The maximum Gasteiger partial charge on any atom is 0.222 e. The van der Waals surface area contributed by atoms with Gasteiger partial charge in [0, 0.05) is 68.2 Å². The third-order valence-corrected chi connectivity index (χ3v) is 7.61. The van der Waals surface area contributed by atoms with E-state index in [0.717, 1.165) is 66.4 Å². The van der Waals surface area contributed by atoms with Crippen molar-refractivity contribution in [2.24, 2.45) is 7.05 Å². The summed E-state index contributed by atoms with van der Waals surface area (Å²) in [5.41, 5.74) is 5.37. The SMILES string of the molecule is CCC(=O)N1CCc2c(c(N3CCOc4cc(-c5cnn(C)c5)c(C#N)cc43)nn2C2CCOCC2)C1. The minimum atomic E-state index is 0.158. The number of benzene rings is 1. The van der Waals surface area contributed by atoms with Crippen molar-refractivity contribution in [2.45, 2.75) is 45.2 Å². The maximum atomic E-state index is 12.6. The van der Waals surface area contributed by atoms with E-state index in [1.807, 2.05) is 37.2 Å². The average molecular weight is 502 g/mol. The summed E-state index contributed by atoms with van der Waals surface area (Å²) in [6.07, 6.45) is 6.78. The van der Waals surface area contributed by atoms with Gasteiger partial charge in [-0.05, 0) is 25.0 Å². The highest BCUT2D eigenvalue weighted by atomic mass is 16.5. The molecule has 2 aromatic heterocycles. The first-order valence-electron chi connectivity index (χ1n) is 13.0. The smallest absolute Gasteiger partial charge is 0.222 e. The van der Waals surface area contributed by atoms with E-state index in [1.54, 1.807) is 10.9 Å². The summed E-state index contributed by atoms with van der Waals surface area (Å²) in [5.74, 6) is 1.74. The number of anilines is 2. The van der Waals surface area contributed by atoms with E-state index < -0.39 is 0 Å². The Morgan fingerprint density at radius 3 is 2.78 bits per heavy atom. The normalized spacial score (nSPS) is 17.6. The molecule has 0 saturated carbocycles. The van der Waals surface area contributed by atoms with Crippen molar-refractivity contribution in [3.8, 4) is 22.9 Å². The zero-order valence-electron chi connectivity index (χ0n) is 21.3. The summed E-state index contributed by atoms with van der Waals surface area (Å²) in [7, 11) is 1.86. The van der Waals surface area contributed by atoms with Gasteiger partial charge in [-0.15, -0.1) is 0 Å². The molecule has 1 aromatic carbocycles. The zero-order valence-corrected chi connectivity index (χ0v) is 21.3. The third-order valence-electron chi connectivity index (χ3n) is 7.61. The lowest BCUT2D eigenvalue weighted by atomic mass is 10.00. The molecule has 192 valence electrons. The summed E-state index contributed by atoms with van der Waals surface area (Å²) < 4.78 is 15.6. The summed E-state index contributed by atoms with van der Waals surface area (Å²) in [4.78, 5) is 16.7. The van der Waals surface area contributed by atoms with Gasteiger partial charge in [-0.25, -0.2) is 0 Å². The summed E-state index contributed by atoms with van der Waals surface area (Å²) in [6, 6.07) is 6.48.